The number of carbonyl (C=O) groups excluding carboxylic acids is 1. The quantitative estimate of drug-likeness (QED) is 0.922. The van der Waals surface area contributed by atoms with Crippen LogP contribution in [-0.2, 0) is 10.2 Å². The molecule has 23 heavy (non-hydrogen) atoms. The number of aromatic nitrogens is 1. The molecule has 0 radical (unpaired) electrons. The Hall–Kier alpha value is -1.36. The second-order valence-electron chi connectivity index (χ2n) is 8.00. The third kappa shape index (κ3) is 3.77. The molecule has 0 bridgehead atoms. The second-order valence-corrected chi connectivity index (χ2v) is 8.00. The molecule has 5 nitrogen and oxygen atoms in total. The van der Waals surface area contributed by atoms with Gasteiger partial charge in [-0.1, -0.05) is 45.2 Å². The van der Waals surface area contributed by atoms with Crippen molar-refractivity contribution >= 4 is 11.8 Å². The highest BCUT2D eigenvalue weighted by atomic mass is 16.5. The van der Waals surface area contributed by atoms with Crippen molar-refractivity contribution in [1.82, 2.24) is 10.1 Å². The molecule has 2 aliphatic rings. The summed E-state index contributed by atoms with van der Waals surface area (Å²) in [6.45, 7) is 7.29. The molecule has 2 heterocycles. The van der Waals surface area contributed by atoms with Crippen LogP contribution in [0.25, 0.3) is 0 Å². The molecule has 1 saturated heterocycles. The number of nitrogens with one attached hydrogen (secondary N) is 1. The van der Waals surface area contributed by atoms with Crippen LogP contribution in [0.5, 0.6) is 0 Å². The zero-order chi connectivity index (χ0) is 16.4. The number of rotatable bonds is 3. The van der Waals surface area contributed by atoms with Crippen LogP contribution < -0.4 is 5.32 Å². The lowest BCUT2D eigenvalue weighted by molar-refractivity contribution is -0.121. The molecule has 1 saturated carbocycles. The largest absolute Gasteiger partial charge is 0.338 e. The molecule has 2 fully saturated rings. The molecule has 0 spiro atoms. The van der Waals surface area contributed by atoms with Gasteiger partial charge in [-0.25, -0.2) is 0 Å². The highest BCUT2D eigenvalue weighted by molar-refractivity contribution is 5.94. The van der Waals surface area contributed by atoms with E-state index in [0.29, 0.717) is 11.9 Å². The van der Waals surface area contributed by atoms with Crippen LogP contribution in [0, 0.1) is 0 Å². The molecule has 3 rings (SSSR count). The standard InChI is InChI=1S/C18H29N3O2/c1-18(2,3)15-12-16(23-20-15)19-17(22)14-10-7-11-21(14)13-8-5-4-6-9-13/h12-14H,4-11H2,1-3H3,(H,19,22)/t14-/m0/s1. The second kappa shape index (κ2) is 6.63. The Balaban J connectivity index is 1.63. The van der Waals surface area contributed by atoms with E-state index in [0.717, 1.165) is 25.1 Å². The first-order valence-corrected chi connectivity index (χ1v) is 8.99. The maximum absolute atomic E-state index is 12.7. The van der Waals surface area contributed by atoms with E-state index in [9.17, 15) is 4.79 Å². The number of amides is 1. The Bertz CT molecular complexity index is 541. The average molecular weight is 319 g/mol. The normalized spacial score (nSPS) is 24.0. The average Bonchev–Trinajstić information content (AvgIpc) is 3.16. The molecule has 0 aromatic carbocycles. The number of carbonyl (C=O) groups is 1. The van der Waals surface area contributed by atoms with Crippen LogP contribution in [0.15, 0.2) is 10.6 Å². The molecule has 1 aliphatic heterocycles. The van der Waals surface area contributed by atoms with Gasteiger partial charge in [0.25, 0.3) is 0 Å². The van der Waals surface area contributed by atoms with Gasteiger partial charge in [0.15, 0.2) is 0 Å². The van der Waals surface area contributed by atoms with Gasteiger partial charge in [0.2, 0.25) is 11.8 Å². The highest BCUT2D eigenvalue weighted by Gasteiger charge is 2.36. The van der Waals surface area contributed by atoms with Crippen molar-refractivity contribution in [1.29, 1.82) is 0 Å². The van der Waals surface area contributed by atoms with Crippen molar-refractivity contribution in [2.75, 3.05) is 11.9 Å². The fourth-order valence-corrected chi connectivity index (χ4v) is 3.81. The minimum Gasteiger partial charge on any atom is -0.338 e. The van der Waals surface area contributed by atoms with Crippen molar-refractivity contribution in [3.63, 3.8) is 0 Å². The van der Waals surface area contributed by atoms with E-state index in [-0.39, 0.29) is 17.4 Å². The monoisotopic (exact) mass is 319 g/mol. The Labute approximate surface area is 138 Å². The topological polar surface area (TPSA) is 58.4 Å². The summed E-state index contributed by atoms with van der Waals surface area (Å²) >= 11 is 0. The van der Waals surface area contributed by atoms with E-state index in [4.69, 9.17) is 4.52 Å². The molecule has 1 atom stereocenters. The van der Waals surface area contributed by atoms with Crippen molar-refractivity contribution in [2.45, 2.75) is 83.2 Å². The maximum Gasteiger partial charge on any atom is 0.244 e. The Morgan fingerprint density at radius 2 is 1.96 bits per heavy atom. The van der Waals surface area contributed by atoms with Crippen LogP contribution >= 0.6 is 0 Å². The fourth-order valence-electron chi connectivity index (χ4n) is 3.81. The first-order chi connectivity index (χ1) is 10.9. The van der Waals surface area contributed by atoms with Gasteiger partial charge < -0.3 is 4.52 Å². The van der Waals surface area contributed by atoms with Gasteiger partial charge in [-0.15, -0.1) is 0 Å². The lowest BCUT2D eigenvalue weighted by Crippen LogP contribution is -2.46. The summed E-state index contributed by atoms with van der Waals surface area (Å²) in [7, 11) is 0. The number of hydrogen-bond donors (Lipinski definition) is 1. The predicted molar refractivity (Wildman–Crippen MR) is 90.4 cm³/mol. The van der Waals surface area contributed by atoms with Crippen LogP contribution in [0.4, 0.5) is 5.88 Å². The molecule has 1 aromatic heterocycles. The van der Waals surface area contributed by atoms with Gasteiger partial charge in [0.05, 0.1) is 11.7 Å². The number of nitrogens with zero attached hydrogens (tertiary/aromatic N) is 2. The predicted octanol–water partition coefficient (Wildman–Crippen LogP) is 3.71. The Morgan fingerprint density at radius 1 is 1.22 bits per heavy atom. The van der Waals surface area contributed by atoms with Crippen LogP contribution in [0.2, 0.25) is 0 Å². The minimum absolute atomic E-state index is 0.0127. The molecule has 5 heteroatoms. The summed E-state index contributed by atoms with van der Waals surface area (Å²) in [5.74, 6) is 0.528. The minimum atomic E-state index is -0.0754. The van der Waals surface area contributed by atoms with Crippen LogP contribution in [0.1, 0.15) is 71.4 Å². The van der Waals surface area contributed by atoms with Crippen molar-refractivity contribution in [3.05, 3.63) is 11.8 Å². The zero-order valence-electron chi connectivity index (χ0n) is 14.6. The summed E-state index contributed by atoms with van der Waals surface area (Å²) in [6.07, 6.45) is 8.47. The van der Waals surface area contributed by atoms with Crippen LogP contribution in [0.3, 0.4) is 0 Å². The zero-order valence-corrected chi connectivity index (χ0v) is 14.6. The molecular weight excluding hydrogens is 290 g/mol. The van der Waals surface area contributed by atoms with Gasteiger partial charge in [0.1, 0.15) is 0 Å². The van der Waals surface area contributed by atoms with E-state index in [2.05, 4.69) is 36.1 Å². The molecule has 1 aliphatic carbocycles. The number of hydrogen-bond acceptors (Lipinski definition) is 4. The summed E-state index contributed by atoms with van der Waals surface area (Å²) in [6, 6.07) is 2.42. The smallest absolute Gasteiger partial charge is 0.244 e. The Kier molecular flexibility index (Phi) is 4.76. The first kappa shape index (κ1) is 16.5. The summed E-state index contributed by atoms with van der Waals surface area (Å²) in [5, 5.41) is 7.01. The van der Waals surface area contributed by atoms with Crippen molar-refractivity contribution in [2.24, 2.45) is 0 Å². The first-order valence-electron chi connectivity index (χ1n) is 8.99. The molecule has 1 aromatic rings. The maximum atomic E-state index is 12.7. The molecular formula is C18H29N3O2. The molecule has 1 amide bonds. The molecule has 128 valence electrons. The summed E-state index contributed by atoms with van der Waals surface area (Å²) in [5.41, 5.74) is 0.789. The van der Waals surface area contributed by atoms with Gasteiger partial charge in [-0.2, -0.15) is 0 Å². The van der Waals surface area contributed by atoms with E-state index in [1.807, 2.05) is 6.07 Å². The molecule has 1 N–H and O–H groups in total. The number of likely N-dealkylation sites (tertiary alicyclic amines) is 1. The third-order valence-corrected chi connectivity index (χ3v) is 5.17. The Morgan fingerprint density at radius 3 is 2.61 bits per heavy atom. The SMILES string of the molecule is CC(C)(C)c1cc(NC(=O)[C@@H]2CCCN2C2CCCCC2)on1. The van der Waals surface area contributed by atoms with E-state index >= 15 is 0 Å². The van der Waals surface area contributed by atoms with Crippen molar-refractivity contribution < 1.29 is 9.32 Å². The number of anilines is 1. The van der Waals surface area contributed by atoms with Crippen molar-refractivity contribution in [3.8, 4) is 0 Å². The van der Waals surface area contributed by atoms with Gasteiger partial charge >= 0.3 is 0 Å². The van der Waals surface area contributed by atoms with Gasteiger partial charge in [0, 0.05) is 17.5 Å². The van der Waals surface area contributed by atoms with Gasteiger partial charge in [-0.05, 0) is 32.2 Å². The van der Waals surface area contributed by atoms with Crippen LogP contribution in [-0.4, -0.2) is 34.6 Å². The fraction of sp³-hybridized carbons (Fsp3) is 0.778. The lowest BCUT2D eigenvalue weighted by Gasteiger charge is -2.34. The summed E-state index contributed by atoms with van der Waals surface area (Å²) < 4.78 is 5.30. The van der Waals surface area contributed by atoms with E-state index in [1.165, 1.54) is 32.1 Å². The molecule has 0 unspecified atom stereocenters. The van der Waals surface area contributed by atoms with E-state index < -0.39 is 0 Å². The third-order valence-electron chi connectivity index (χ3n) is 5.17. The summed E-state index contributed by atoms with van der Waals surface area (Å²) in [4.78, 5) is 15.1. The highest BCUT2D eigenvalue weighted by Crippen LogP contribution is 2.30. The van der Waals surface area contributed by atoms with Gasteiger partial charge in [-0.3, -0.25) is 15.0 Å². The lowest BCUT2D eigenvalue weighted by atomic mass is 9.92. The van der Waals surface area contributed by atoms with E-state index in [1.54, 1.807) is 0 Å².